The minimum absolute atomic E-state index is 0.0369. The van der Waals surface area contributed by atoms with Crippen LogP contribution in [-0.2, 0) is 28.5 Å². The van der Waals surface area contributed by atoms with E-state index in [0.29, 0.717) is 11.3 Å². The van der Waals surface area contributed by atoms with Gasteiger partial charge in [-0.05, 0) is 19.1 Å². The molecule has 2 fully saturated rings. The molecule has 1 N–H and O–H groups in total. The first-order valence-electron chi connectivity index (χ1n) is 16.1. The lowest BCUT2D eigenvalue weighted by atomic mass is 9.89. The molecule has 0 bridgehead atoms. The van der Waals surface area contributed by atoms with Crippen LogP contribution in [-0.4, -0.2) is 119 Å². The number of methoxy groups -OCH3 is 1. The molecule has 0 radical (unpaired) electrons. The zero-order valence-electron chi connectivity index (χ0n) is 28.3. The molecule has 20 heteroatoms. The van der Waals surface area contributed by atoms with Crippen molar-refractivity contribution in [2.24, 2.45) is 5.92 Å². The smallest absolute Gasteiger partial charge is 0.316 e. The Morgan fingerprint density at radius 3 is 2.31 bits per heavy atom. The van der Waals surface area contributed by atoms with Gasteiger partial charge in [-0.15, -0.1) is 22.0 Å². The summed E-state index contributed by atoms with van der Waals surface area (Å²) in [7, 11) is 1.45. The number of hydrogen-bond acceptors (Lipinski definition) is 15. The number of ether oxygens (including phenoxy) is 5. The van der Waals surface area contributed by atoms with Crippen LogP contribution in [0.4, 0.5) is 13.2 Å². The lowest BCUT2D eigenvalue weighted by Crippen LogP contribution is -2.54. The molecule has 16 nitrogen and oxygen atoms in total. The van der Waals surface area contributed by atoms with Gasteiger partial charge in [0.15, 0.2) is 23.2 Å². The molecule has 2 aliphatic rings. The van der Waals surface area contributed by atoms with Gasteiger partial charge in [-0.25, -0.2) is 32.5 Å². The third kappa shape index (κ3) is 8.10. The maximum Gasteiger partial charge on any atom is 0.316 e. The Balaban J connectivity index is 1.28. The van der Waals surface area contributed by atoms with E-state index in [-0.39, 0.29) is 49.5 Å². The normalized spacial score (nSPS) is 26.2. The molecule has 2 saturated heterocycles. The van der Waals surface area contributed by atoms with E-state index in [9.17, 15) is 27.9 Å². The highest BCUT2D eigenvalue weighted by atomic mass is 32.2. The van der Waals surface area contributed by atoms with Crippen LogP contribution in [0.1, 0.15) is 32.9 Å². The van der Waals surface area contributed by atoms with E-state index in [1.807, 2.05) is 0 Å². The number of carbonyl (C=O) groups excluding carboxylic acids is 2. The fourth-order valence-electron chi connectivity index (χ4n) is 5.99. The molecule has 52 heavy (non-hydrogen) atoms. The number of halogens is 3. The molecule has 4 aromatic rings. The first-order valence-corrected chi connectivity index (χ1v) is 17.0. The number of carbonyl (C=O) groups is 2. The third-order valence-electron chi connectivity index (χ3n) is 8.68. The Morgan fingerprint density at radius 2 is 1.65 bits per heavy atom. The van der Waals surface area contributed by atoms with E-state index in [1.54, 1.807) is 13.1 Å². The molecular formula is C32H35F3N8O8S. The summed E-state index contributed by atoms with van der Waals surface area (Å²) < 4.78 is 73.7. The van der Waals surface area contributed by atoms with Gasteiger partial charge in [-0.3, -0.25) is 9.59 Å². The van der Waals surface area contributed by atoms with Crippen LogP contribution < -0.4 is 4.74 Å². The van der Waals surface area contributed by atoms with E-state index in [2.05, 4.69) is 30.6 Å². The summed E-state index contributed by atoms with van der Waals surface area (Å²) >= 11 is 1.19. The van der Waals surface area contributed by atoms with Crippen LogP contribution in [0.15, 0.2) is 36.9 Å². The first-order chi connectivity index (χ1) is 24.9. The monoisotopic (exact) mass is 748 g/mol. The molecule has 0 amide bonds. The summed E-state index contributed by atoms with van der Waals surface area (Å²) in [5.41, 5.74) is 0.112. The van der Waals surface area contributed by atoms with Gasteiger partial charge in [-0.1, -0.05) is 17.4 Å². The van der Waals surface area contributed by atoms with Crippen molar-refractivity contribution >= 4 is 23.5 Å². The molecule has 1 aromatic carbocycles. The number of esters is 1. The molecule has 8 unspecified atom stereocenters. The molecule has 278 valence electrons. The second-order valence-corrected chi connectivity index (χ2v) is 13.7. The number of thioether (sulfide) groups is 1. The molecule has 6 rings (SSSR count). The van der Waals surface area contributed by atoms with Crippen LogP contribution in [0.5, 0.6) is 6.01 Å². The van der Waals surface area contributed by atoms with Gasteiger partial charge in [0, 0.05) is 36.4 Å². The van der Waals surface area contributed by atoms with Crippen LogP contribution >= 0.6 is 11.8 Å². The van der Waals surface area contributed by atoms with Crippen molar-refractivity contribution < 1.29 is 51.6 Å². The summed E-state index contributed by atoms with van der Waals surface area (Å²) in [6.45, 7) is 4.19. The van der Waals surface area contributed by atoms with E-state index in [1.165, 1.54) is 60.7 Å². The van der Waals surface area contributed by atoms with Gasteiger partial charge < -0.3 is 28.8 Å². The van der Waals surface area contributed by atoms with Crippen molar-refractivity contribution in [3.63, 3.8) is 0 Å². The van der Waals surface area contributed by atoms with Crippen LogP contribution in [0.3, 0.4) is 0 Å². The second-order valence-electron chi connectivity index (χ2n) is 12.3. The molecule has 2 aliphatic heterocycles. The van der Waals surface area contributed by atoms with E-state index in [0.717, 1.165) is 12.1 Å². The molecule has 0 saturated carbocycles. The van der Waals surface area contributed by atoms with Gasteiger partial charge in [0.1, 0.15) is 42.2 Å². The number of benzene rings is 1. The fraction of sp³-hybridized carbons (Fsp3) is 0.500. The number of nitrogens with zero attached hydrogens (tertiary/aromatic N) is 8. The first kappa shape index (κ1) is 37.3. The number of hydrogen-bond donors (Lipinski definition) is 1. The number of Topliss-reactive ketones (excluding diaryl/α,β-unsaturated/α-hetero) is 1. The van der Waals surface area contributed by atoms with Crippen LogP contribution in [0, 0.1) is 23.4 Å². The fourth-order valence-corrected chi connectivity index (χ4v) is 7.46. The number of ketones is 1. The van der Waals surface area contributed by atoms with E-state index in [4.69, 9.17) is 23.7 Å². The quantitative estimate of drug-likeness (QED) is 0.164. The Morgan fingerprint density at radius 1 is 1.00 bits per heavy atom. The zero-order valence-corrected chi connectivity index (χ0v) is 29.2. The summed E-state index contributed by atoms with van der Waals surface area (Å²) in [4.78, 5) is 32.2. The molecule has 0 aliphatic carbocycles. The summed E-state index contributed by atoms with van der Waals surface area (Å²) in [6, 6.07) is 0.390. The standard InChI is InChI=1S/C32H35F3N8O8S/c1-15(44)11-50-30-28(43-10-22(38-41-43)18-5-20(33)27(35)21(34)6-18)16(2)25(13-49-17(3)45)51-31(30)52-26-14-48-12-24(29(26)46)42-9-23(39-40-42)19-7-36-32(47-4)37-8-19/h5-10,16,24-26,28-31,46H,11-14H2,1-4H3. The summed E-state index contributed by atoms with van der Waals surface area (Å²) in [6.07, 6.45) is 3.42. The molecular weight excluding hydrogens is 713 g/mol. The van der Waals surface area contributed by atoms with Gasteiger partial charge in [0.2, 0.25) is 0 Å². The summed E-state index contributed by atoms with van der Waals surface area (Å²) in [5, 5.41) is 27.8. The van der Waals surface area contributed by atoms with Gasteiger partial charge in [-0.2, -0.15) is 0 Å². The van der Waals surface area contributed by atoms with Crippen molar-refractivity contribution in [3.05, 3.63) is 54.4 Å². The minimum atomic E-state index is -1.62. The van der Waals surface area contributed by atoms with E-state index >= 15 is 0 Å². The number of rotatable bonds is 12. The minimum Gasteiger partial charge on any atom is -0.467 e. The van der Waals surface area contributed by atoms with Gasteiger partial charge in [0.05, 0.1) is 56.2 Å². The number of aliphatic hydroxyl groups is 1. The molecule has 5 heterocycles. The maximum absolute atomic E-state index is 14.1. The maximum atomic E-state index is 14.1. The Kier molecular flexibility index (Phi) is 11.5. The Labute approximate surface area is 298 Å². The van der Waals surface area contributed by atoms with Crippen molar-refractivity contribution in [2.45, 2.75) is 61.9 Å². The molecule has 8 atom stereocenters. The lowest BCUT2D eigenvalue weighted by Gasteiger charge is -2.46. The van der Waals surface area contributed by atoms with Gasteiger partial charge in [0.25, 0.3) is 0 Å². The average Bonchev–Trinajstić information content (AvgIpc) is 3.81. The highest BCUT2D eigenvalue weighted by Crippen LogP contribution is 2.44. The van der Waals surface area contributed by atoms with E-state index < -0.39 is 70.4 Å². The van der Waals surface area contributed by atoms with Gasteiger partial charge >= 0.3 is 12.0 Å². The topological polar surface area (TPSA) is 188 Å². The Hall–Kier alpha value is -4.50. The number of aromatic nitrogens is 8. The summed E-state index contributed by atoms with van der Waals surface area (Å²) in [5.74, 6) is -5.73. The van der Waals surface area contributed by atoms with Crippen molar-refractivity contribution in [2.75, 3.05) is 33.5 Å². The highest BCUT2D eigenvalue weighted by Gasteiger charge is 2.49. The number of aliphatic hydroxyl groups excluding tert-OH is 1. The predicted octanol–water partition coefficient (Wildman–Crippen LogP) is 2.59. The molecule has 3 aromatic heterocycles. The third-order valence-corrected chi connectivity index (χ3v) is 10.1. The van der Waals surface area contributed by atoms with Crippen LogP contribution in [0.2, 0.25) is 0 Å². The van der Waals surface area contributed by atoms with Crippen LogP contribution in [0.25, 0.3) is 22.5 Å². The molecule has 0 spiro atoms. The zero-order chi connectivity index (χ0) is 37.1. The predicted molar refractivity (Wildman–Crippen MR) is 174 cm³/mol. The highest BCUT2D eigenvalue weighted by molar-refractivity contribution is 8.00. The van der Waals surface area contributed by atoms with Crippen molar-refractivity contribution in [1.29, 1.82) is 0 Å². The lowest BCUT2D eigenvalue weighted by molar-refractivity contribution is -0.178. The second kappa shape index (κ2) is 16.0. The largest absolute Gasteiger partial charge is 0.467 e. The Bertz CT molecular complexity index is 1860. The van der Waals surface area contributed by atoms with Crippen molar-refractivity contribution in [3.8, 4) is 28.5 Å². The average molecular weight is 749 g/mol. The SMILES string of the molecule is COc1ncc(-c2cn(C3COCC(SC4OC(COC(C)=O)C(C)C(n5cc(-c6cc(F)c(F)c(F)c6)nn5)C4OCC(C)=O)C3O)nn2)cn1. The van der Waals surface area contributed by atoms with Crippen molar-refractivity contribution in [1.82, 2.24) is 40.0 Å².